The van der Waals surface area contributed by atoms with Gasteiger partial charge in [-0.2, -0.15) is 0 Å². The highest BCUT2D eigenvalue weighted by atomic mass is 32.2. The van der Waals surface area contributed by atoms with Gasteiger partial charge in [0.25, 0.3) is 0 Å². The third-order valence-corrected chi connectivity index (χ3v) is 5.10. The highest BCUT2D eigenvalue weighted by Gasteiger charge is 2.22. The zero-order valence-corrected chi connectivity index (χ0v) is 12.2. The van der Waals surface area contributed by atoms with Gasteiger partial charge in [0, 0.05) is 13.6 Å². The van der Waals surface area contributed by atoms with Gasteiger partial charge >= 0.3 is 0 Å². The first-order valence-corrected chi connectivity index (χ1v) is 7.80. The van der Waals surface area contributed by atoms with Gasteiger partial charge in [0.1, 0.15) is 4.90 Å². The third kappa shape index (κ3) is 3.18. The topological polar surface area (TPSA) is 63.4 Å². The van der Waals surface area contributed by atoms with Crippen molar-refractivity contribution in [1.82, 2.24) is 4.31 Å². The van der Waals surface area contributed by atoms with Crippen LogP contribution in [-0.4, -0.2) is 26.3 Å². The number of nitrogen functional groups attached to an aromatic ring is 1. The number of rotatable bonds is 5. The van der Waals surface area contributed by atoms with Gasteiger partial charge in [0.2, 0.25) is 10.0 Å². The van der Waals surface area contributed by atoms with E-state index < -0.39 is 10.0 Å². The number of nitrogens with two attached hydrogens (primary N) is 1. The van der Waals surface area contributed by atoms with Crippen molar-refractivity contribution in [3.8, 4) is 0 Å². The number of sulfonamides is 1. The van der Waals surface area contributed by atoms with Gasteiger partial charge in [-0.15, -0.1) is 0 Å². The molecule has 0 aromatic heterocycles. The molecule has 0 aliphatic heterocycles. The molecule has 4 nitrogen and oxygen atoms in total. The maximum atomic E-state index is 12.4. The van der Waals surface area contributed by atoms with E-state index >= 15 is 0 Å². The molecule has 0 saturated heterocycles. The second-order valence-electron chi connectivity index (χ2n) is 4.60. The lowest BCUT2D eigenvalue weighted by atomic mass is 10.2. The van der Waals surface area contributed by atoms with Crippen molar-refractivity contribution in [2.45, 2.75) is 11.3 Å². The van der Waals surface area contributed by atoms with Crippen LogP contribution in [0.3, 0.4) is 0 Å². The van der Waals surface area contributed by atoms with Crippen LogP contribution in [-0.2, 0) is 16.4 Å². The number of hydrogen-bond acceptors (Lipinski definition) is 3. The summed E-state index contributed by atoms with van der Waals surface area (Å²) in [5.74, 6) is 0. The normalized spacial score (nSPS) is 11.7. The summed E-state index contributed by atoms with van der Waals surface area (Å²) in [7, 11) is -1.96. The molecule has 0 fully saturated rings. The molecule has 2 aromatic rings. The maximum absolute atomic E-state index is 12.4. The summed E-state index contributed by atoms with van der Waals surface area (Å²) in [5.41, 5.74) is 7.13. The lowest BCUT2D eigenvalue weighted by molar-refractivity contribution is 0.473. The van der Waals surface area contributed by atoms with E-state index in [0.29, 0.717) is 13.0 Å². The molecular weight excluding hydrogens is 272 g/mol. The minimum absolute atomic E-state index is 0.163. The first-order valence-electron chi connectivity index (χ1n) is 6.36. The van der Waals surface area contributed by atoms with Crippen LogP contribution in [0.4, 0.5) is 5.69 Å². The maximum Gasteiger partial charge on any atom is 0.244 e. The lowest BCUT2D eigenvalue weighted by Crippen LogP contribution is -2.29. The summed E-state index contributed by atoms with van der Waals surface area (Å²) in [5, 5.41) is 0. The average Bonchev–Trinajstić information content (AvgIpc) is 2.46. The molecule has 5 heteroatoms. The van der Waals surface area contributed by atoms with Gasteiger partial charge in [-0.05, 0) is 24.1 Å². The molecule has 0 amide bonds. The Morgan fingerprint density at radius 2 is 1.60 bits per heavy atom. The summed E-state index contributed by atoms with van der Waals surface area (Å²) < 4.78 is 26.2. The molecule has 0 unspecified atom stereocenters. The largest absolute Gasteiger partial charge is 0.398 e. The molecule has 0 aliphatic rings. The van der Waals surface area contributed by atoms with Crippen LogP contribution >= 0.6 is 0 Å². The van der Waals surface area contributed by atoms with Crippen molar-refractivity contribution in [1.29, 1.82) is 0 Å². The van der Waals surface area contributed by atoms with E-state index in [1.54, 1.807) is 25.2 Å². The fourth-order valence-electron chi connectivity index (χ4n) is 1.93. The SMILES string of the molecule is CN(CCc1ccccc1)S(=O)(=O)c1ccccc1N. The molecule has 0 saturated carbocycles. The van der Waals surface area contributed by atoms with E-state index in [1.807, 2.05) is 30.3 Å². The number of anilines is 1. The third-order valence-electron chi connectivity index (χ3n) is 3.17. The summed E-state index contributed by atoms with van der Waals surface area (Å²) in [6, 6.07) is 16.3. The van der Waals surface area contributed by atoms with Crippen LogP contribution in [0.5, 0.6) is 0 Å². The van der Waals surface area contributed by atoms with Gasteiger partial charge in [-0.25, -0.2) is 12.7 Å². The van der Waals surface area contributed by atoms with Crippen LogP contribution in [0, 0.1) is 0 Å². The molecule has 0 bridgehead atoms. The fraction of sp³-hybridized carbons (Fsp3) is 0.200. The summed E-state index contributed by atoms with van der Waals surface area (Å²) >= 11 is 0. The summed E-state index contributed by atoms with van der Waals surface area (Å²) in [6.07, 6.45) is 0.670. The minimum Gasteiger partial charge on any atom is -0.398 e. The molecule has 0 spiro atoms. The van der Waals surface area contributed by atoms with E-state index in [4.69, 9.17) is 5.73 Å². The lowest BCUT2D eigenvalue weighted by Gasteiger charge is -2.18. The predicted octanol–water partition coefficient (Wildman–Crippen LogP) is 2.13. The molecule has 0 aliphatic carbocycles. The first kappa shape index (κ1) is 14.6. The molecule has 0 atom stereocenters. The molecule has 2 aromatic carbocycles. The summed E-state index contributed by atoms with van der Waals surface area (Å²) in [4.78, 5) is 0.163. The molecular formula is C15H18N2O2S. The van der Waals surface area contributed by atoms with Gasteiger partial charge in [0.15, 0.2) is 0 Å². The second kappa shape index (κ2) is 6.07. The highest BCUT2D eigenvalue weighted by molar-refractivity contribution is 7.89. The van der Waals surface area contributed by atoms with Gasteiger partial charge < -0.3 is 5.73 Å². The van der Waals surface area contributed by atoms with Crippen molar-refractivity contribution < 1.29 is 8.42 Å². The van der Waals surface area contributed by atoms with Gasteiger partial charge in [-0.3, -0.25) is 0 Å². The zero-order chi connectivity index (χ0) is 14.6. The molecule has 0 radical (unpaired) electrons. The smallest absolute Gasteiger partial charge is 0.244 e. The molecule has 2 rings (SSSR count). The zero-order valence-electron chi connectivity index (χ0n) is 11.4. The Bertz CT molecular complexity index is 669. The van der Waals surface area contributed by atoms with Crippen LogP contribution in [0.25, 0.3) is 0 Å². The van der Waals surface area contributed by atoms with E-state index in [2.05, 4.69) is 0 Å². The number of hydrogen-bond donors (Lipinski definition) is 1. The number of nitrogens with zero attached hydrogens (tertiary/aromatic N) is 1. The Balaban J connectivity index is 2.12. The number of para-hydroxylation sites is 1. The predicted molar refractivity (Wildman–Crippen MR) is 80.8 cm³/mol. The Morgan fingerprint density at radius 1 is 1.00 bits per heavy atom. The van der Waals surface area contributed by atoms with Crippen molar-refractivity contribution in [2.75, 3.05) is 19.3 Å². The van der Waals surface area contributed by atoms with Crippen LogP contribution in [0.15, 0.2) is 59.5 Å². The number of benzene rings is 2. The quantitative estimate of drug-likeness (QED) is 0.858. The van der Waals surface area contributed by atoms with Gasteiger partial charge in [0.05, 0.1) is 5.69 Å². The Morgan fingerprint density at radius 3 is 2.25 bits per heavy atom. The fourth-order valence-corrected chi connectivity index (χ4v) is 3.22. The van der Waals surface area contributed by atoms with Crippen LogP contribution in [0.2, 0.25) is 0 Å². The standard InChI is InChI=1S/C15H18N2O2S/c1-17(12-11-13-7-3-2-4-8-13)20(18,19)15-10-6-5-9-14(15)16/h2-10H,11-12,16H2,1H3. The molecule has 2 N–H and O–H groups in total. The van der Waals surface area contributed by atoms with Gasteiger partial charge in [-0.1, -0.05) is 42.5 Å². The monoisotopic (exact) mass is 290 g/mol. The summed E-state index contributed by atoms with van der Waals surface area (Å²) in [6.45, 7) is 0.417. The Labute approximate surface area is 119 Å². The molecule has 20 heavy (non-hydrogen) atoms. The average molecular weight is 290 g/mol. The van der Waals surface area contributed by atoms with E-state index in [-0.39, 0.29) is 10.6 Å². The Hall–Kier alpha value is -1.85. The van der Waals surface area contributed by atoms with E-state index in [1.165, 1.54) is 10.4 Å². The van der Waals surface area contributed by atoms with Crippen molar-refractivity contribution in [2.24, 2.45) is 0 Å². The van der Waals surface area contributed by atoms with Crippen LogP contribution < -0.4 is 5.73 Å². The number of likely N-dealkylation sites (N-methyl/N-ethyl adjacent to an activating group) is 1. The van der Waals surface area contributed by atoms with Crippen molar-refractivity contribution in [3.05, 3.63) is 60.2 Å². The molecule has 106 valence electrons. The van der Waals surface area contributed by atoms with Crippen LogP contribution in [0.1, 0.15) is 5.56 Å². The van der Waals surface area contributed by atoms with Crippen molar-refractivity contribution >= 4 is 15.7 Å². The molecule has 0 heterocycles. The first-order chi connectivity index (χ1) is 9.51. The minimum atomic E-state index is -3.53. The second-order valence-corrected chi connectivity index (χ2v) is 6.61. The van der Waals surface area contributed by atoms with E-state index in [9.17, 15) is 8.42 Å². The highest BCUT2D eigenvalue weighted by Crippen LogP contribution is 2.21. The van der Waals surface area contributed by atoms with Crippen molar-refractivity contribution in [3.63, 3.8) is 0 Å². The van der Waals surface area contributed by atoms with E-state index in [0.717, 1.165) is 5.56 Å². The Kier molecular flexibility index (Phi) is 4.42.